The lowest BCUT2D eigenvalue weighted by atomic mass is 10.2. The molecule has 0 aliphatic carbocycles. The molecule has 2 aromatic rings. The highest BCUT2D eigenvalue weighted by molar-refractivity contribution is 7.92. The second-order valence-electron chi connectivity index (χ2n) is 5.98. The predicted molar refractivity (Wildman–Crippen MR) is 108 cm³/mol. The molecule has 0 aliphatic heterocycles. The number of methoxy groups -OCH3 is 1. The van der Waals surface area contributed by atoms with E-state index in [0.29, 0.717) is 11.3 Å². The summed E-state index contributed by atoms with van der Waals surface area (Å²) in [5.74, 6) is -1.49. The fraction of sp³-hybridized carbons (Fsp3) is 0.211. The lowest BCUT2D eigenvalue weighted by molar-refractivity contribution is -0.142. The first-order chi connectivity index (χ1) is 14.2. The van der Waals surface area contributed by atoms with Gasteiger partial charge < -0.3 is 9.47 Å². The third-order valence-corrected chi connectivity index (χ3v) is 4.77. The second-order valence-corrected chi connectivity index (χ2v) is 7.89. The lowest BCUT2D eigenvalue weighted by Gasteiger charge is -2.21. The van der Waals surface area contributed by atoms with Crippen molar-refractivity contribution in [3.8, 4) is 5.75 Å². The van der Waals surface area contributed by atoms with E-state index in [2.05, 4.69) is 15.3 Å². The Labute approximate surface area is 173 Å². The Hall–Kier alpha value is -3.47. The van der Waals surface area contributed by atoms with Crippen molar-refractivity contribution in [1.29, 1.82) is 0 Å². The highest BCUT2D eigenvalue weighted by Gasteiger charge is 2.21. The van der Waals surface area contributed by atoms with Gasteiger partial charge in [-0.05, 0) is 35.9 Å². The van der Waals surface area contributed by atoms with Gasteiger partial charge in [0.05, 0.1) is 25.3 Å². The van der Waals surface area contributed by atoms with Crippen molar-refractivity contribution < 1.29 is 31.9 Å². The van der Waals surface area contributed by atoms with Gasteiger partial charge in [-0.1, -0.05) is 18.2 Å². The van der Waals surface area contributed by atoms with Gasteiger partial charge in [-0.15, -0.1) is 0 Å². The predicted octanol–water partition coefficient (Wildman–Crippen LogP) is 1.29. The molecule has 160 valence electrons. The zero-order valence-corrected chi connectivity index (χ0v) is 17.1. The van der Waals surface area contributed by atoms with E-state index in [4.69, 9.17) is 4.74 Å². The molecule has 30 heavy (non-hydrogen) atoms. The number of esters is 1. The molecule has 0 aromatic heterocycles. The number of carbonyl (C=O) groups is 2. The molecule has 0 aliphatic rings. The van der Waals surface area contributed by atoms with Crippen LogP contribution in [0.3, 0.4) is 0 Å². The van der Waals surface area contributed by atoms with Crippen LogP contribution in [0.25, 0.3) is 0 Å². The molecule has 0 unspecified atom stereocenters. The number of nitrogens with zero attached hydrogens (tertiary/aromatic N) is 2. The zero-order chi connectivity index (χ0) is 22.1. The summed E-state index contributed by atoms with van der Waals surface area (Å²) in [5, 5.41) is 3.77. The van der Waals surface area contributed by atoms with Crippen LogP contribution in [0.4, 0.5) is 10.1 Å². The van der Waals surface area contributed by atoms with Crippen molar-refractivity contribution in [3.05, 3.63) is 59.9 Å². The first-order valence-corrected chi connectivity index (χ1v) is 10.4. The minimum absolute atomic E-state index is 0.0204. The first-order valence-electron chi connectivity index (χ1n) is 8.54. The van der Waals surface area contributed by atoms with Crippen molar-refractivity contribution in [2.24, 2.45) is 5.10 Å². The van der Waals surface area contributed by atoms with E-state index in [9.17, 15) is 22.4 Å². The summed E-state index contributed by atoms with van der Waals surface area (Å²) in [6.07, 6.45) is 2.23. The third-order valence-electron chi connectivity index (χ3n) is 3.63. The summed E-state index contributed by atoms with van der Waals surface area (Å²) >= 11 is 0. The van der Waals surface area contributed by atoms with Crippen LogP contribution in [0.2, 0.25) is 0 Å². The molecule has 0 bridgehead atoms. The highest BCUT2D eigenvalue weighted by Crippen LogP contribution is 2.18. The van der Waals surface area contributed by atoms with Gasteiger partial charge in [0.2, 0.25) is 10.0 Å². The van der Waals surface area contributed by atoms with Crippen LogP contribution < -0.4 is 14.5 Å². The maximum Gasteiger partial charge on any atom is 0.343 e. The van der Waals surface area contributed by atoms with Crippen molar-refractivity contribution in [2.45, 2.75) is 0 Å². The van der Waals surface area contributed by atoms with Crippen LogP contribution in [0, 0.1) is 5.82 Å². The molecule has 11 heteroatoms. The van der Waals surface area contributed by atoms with Gasteiger partial charge in [0.1, 0.15) is 18.1 Å². The number of amides is 1. The normalized spacial score (nSPS) is 11.2. The summed E-state index contributed by atoms with van der Waals surface area (Å²) in [5.41, 5.74) is 2.79. The van der Waals surface area contributed by atoms with E-state index < -0.39 is 34.3 Å². The molecule has 2 aromatic carbocycles. The van der Waals surface area contributed by atoms with E-state index in [-0.39, 0.29) is 12.3 Å². The van der Waals surface area contributed by atoms with Crippen LogP contribution in [0.15, 0.2) is 53.6 Å². The Morgan fingerprint density at radius 3 is 2.60 bits per heavy atom. The van der Waals surface area contributed by atoms with Crippen molar-refractivity contribution in [1.82, 2.24) is 5.43 Å². The number of halogens is 1. The van der Waals surface area contributed by atoms with E-state index >= 15 is 0 Å². The van der Waals surface area contributed by atoms with Crippen molar-refractivity contribution >= 4 is 33.8 Å². The van der Waals surface area contributed by atoms with Crippen LogP contribution >= 0.6 is 0 Å². The fourth-order valence-corrected chi connectivity index (χ4v) is 3.11. The van der Waals surface area contributed by atoms with Gasteiger partial charge >= 0.3 is 5.97 Å². The van der Waals surface area contributed by atoms with Crippen molar-refractivity contribution in [3.63, 3.8) is 0 Å². The van der Waals surface area contributed by atoms with E-state index in [1.165, 1.54) is 25.5 Å². The number of benzene rings is 2. The van der Waals surface area contributed by atoms with Gasteiger partial charge in [-0.3, -0.25) is 9.10 Å². The maximum absolute atomic E-state index is 13.4. The SMILES string of the molecule is COC(=O)COc1cccc(/C=N\NC(=O)CN(c2cccc(F)c2)S(C)(=O)=O)c1. The molecular formula is C19H20FN3O6S. The number of hydrazone groups is 1. The third kappa shape index (κ3) is 7.17. The standard InChI is InChI=1S/C19H20FN3O6S/c1-28-19(25)13-29-17-8-3-5-14(9-17)11-21-22-18(24)12-23(30(2,26)27)16-7-4-6-15(20)10-16/h3-11H,12-13H2,1-2H3,(H,22,24)/b21-11-. The van der Waals surface area contributed by atoms with Gasteiger partial charge in [0, 0.05) is 0 Å². The Kier molecular flexibility index (Phi) is 7.87. The summed E-state index contributed by atoms with van der Waals surface area (Å²) in [7, 11) is -2.58. The number of carbonyl (C=O) groups excluding carboxylic acids is 2. The number of sulfonamides is 1. The maximum atomic E-state index is 13.4. The molecule has 0 fully saturated rings. The molecule has 0 spiro atoms. The quantitative estimate of drug-likeness (QED) is 0.359. The van der Waals surface area contributed by atoms with E-state index in [1.807, 2.05) is 0 Å². The number of rotatable bonds is 9. The average Bonchev–Trinajstić information content (AvgIpc) is 2.69. The molecule has 0 saturated heterocycles. The van der Waals surface area contributed by atoms with Gasteiger partial charge in [0.25, 0.3) is 5.91 Å². The van der Waals surface area contributed by atoms with E-state index in [0.717, 1.165) is 22.7 Å². The largest absolute Gasteiger partial charge is 0.482 e. The molecule has 9 nitrogen and oxygen atoms in total. The highest BCUT2D eigenvalue weighted by atomic mass is 32.2. The Morgan fingerprint density at radius 2 is 1.93 bits per heavy atom. The molecular weight excluding hydrogens is 417 g/mol. The van der Waals surface area contributed by atoms with Gasteiger partial charge in [-0.2, -0.15) is 5.10 Å². The van der Waals surface area contributed by atoms with Gasteiger partial charge in [0.15, 0.2) is 6.61 Å². The molecule has 0 saturated carbocycles. The van der Waals surface area contributed by atoms with Gasteiger partial charge in [-0.25, -0.2) is 23.0 Å². The topological polar surface area (TPSA) is 114 Å². The van der Waals surface area contributed by atoms with E-state index in [1.54, 1.807) is 24.3 Å². The number of hydrogen-bond acceptors (Lipinski definition) is 7. The number of hydrogen-bond donors (Lipinski definition) is 1. The minimum Gasteiger partial charge on any atom is -0.482 e. The first kappa shape index (κ1) is 22.8. The molecule has 0 radical (unpaired) electrons. The molecule has 0 atom stereocenters. The molecule has 2 rings (SSSR count). The van der Waals surface area contributed by atoms with Crippen LogP contribution in [-0.2, 0) is 24.3 Å². The smallest absolute Gasteiger partial charge is 0.343 e. The number of anilines is 1. The minimum atomic E-state index is -3.83. The second kappa shape index (κ2) is 10.3. The Morgan fingerprint density at radius 1 is 1.20 bits per heavy atom. The molecule has 1 amide bonds. The number of nitrogens with one attached hydrogen (secondary N) is 1. The summed E-state index contributed by atoms with van der Waals surface area (Å²) < 4.78 is 47.9. The van der Waals surface area contributed by atoms with Crippen LogP contribution in [0.1, 0.15) is 5.56 Å². The summed E-state index contributed by atoms with van der Waals surface area (Å²) in [4.78, 5) is 23.2. The Balaban J connectivity index is 2.00. The molecule has 0 heterocycles. The lowest BCUT2D eigenvalue weighted by Crippen LogP contribution is -2.39. The van der Waals surface area contributed by atoms with Crippen LogP contribution in [-0.4, -0.2) is 53.0 Å². The fourth-order valence-electron chi connectivity index (χ4n) is 2.26. The Bertz CT molecular complexity index is 1040. The average molecular weight is 437 g/mol. The van der Waals surface area contributed by atoms with Crippen molar-refractivity contribution in [2.75, 3.05) is 30.8 Å². The van der Waals surface area contributed by atoms with Crippen LogP contribution in [0.5, 0.6) is 5.75 Å². The monoisotopic (exact) mass is 437 g/mol. The zero-order valence-electron chi connectivity index (χ0n) is 16.2. The number of ether oxygens (including phenoxy) is 2. The molecule has 1 N–H and O–H groups in total. The summed E-state index contributed by atoms with van der Waals surface area (Å²) in [6.45, 7) is -0.836. The summed E-state index contributed by atoms with van der Waals surface area (Å²) in [6, 6.07) is 11.4.